The van der Waals surface area contributed by atoms with Crippen LogP contribution in [-0.4, -0.2) is 16.8 Å². The Morgan fingerprint density at radius 2 is 1.80 bits per heavy atom. The first-order chi connectivity index (χ1) is 11.7. The fraction of sp³-hybridized carbons (Fsp3) is 0.176. The van der Waals surface area contributed by atoms with Gasteiger partial charge in [-0.15, -0.1) is 0 Å². The second-order valence-corrected chi connectivity index (χ2v) is 6.18. The van der Waals surface area contributed by atoms with Crippen LogP contribution in [-0.2, 0) is 16.9 Å². The molecule has 0 bridgehead atoms. The summed E-state index contributed by atoms with van der Waals surface area (Å²) in [6, 6.07) is 6.13. The Morgan fingerprint density at radius 3 is 2.44 bits per heavy atom. The number of rotatable bonds is 3. The second-order valence-electron chi connectivity index (χ2n) is 5.78. The van der Waals surface area contributed by atoms with E-state index >= 15 is 0 Å². The first kappa shape index (κ1) is 17.3. The lowest BCUT2D eigenvalue weighted by atomic mass is 9.92. The summed E-state index contributed by atoms with van der Waals surface area (Å²) in [4.78, 5) is 25.7. The first-order valence-electron chi connectivity index (χ1n) is 7.26. The average molecular weight is 369 g/mol. The van der Waals surface area contributed by atoms with E-state index in [4.69, 9.17) is 11.6 Å². The molecular weight excluding hydrogens is 357 g/mol. The number of urea groups is 1. The van der Waals surface area contributed by atoms with E-state index < -0.39 is 34.9 Å². The van der Waals surface area contributed by atoms with Gasteiger partial charge in [-0.05, 0) is 36.8 Å². The van der Waals surface area contributed by atoms with Gasteiger partial charge in [0, 0.05) is 10.6 Å². The third kappa shape index (κ3) is 2.84. The number of halogens is 4. The minimum atomic E-state index is -1.59. The van der Waals surface area contributed by atoms with Crippen LogP contribution >= 0.6 is 11.6 Å². The highest BCUT2D eigenvalue weighted by atomic mass is 35.5. The SMILES string of the molecule is CC1(c2ccc(F)c(F)c2)NC(=O)N(Cc2c(F)cccc2Cl)C1=O. The highest BCUT2D eigenvalue weighted by Crippen LogP contribution is 2.32. The lowest BCUT2D eigenvalue weighted by Crippen LogP contribution is -2.41. The Morgan fingerprint density at radius 1 is 1.08 bits per heavy atom. The topological polar surface area (TPSA) is 49.4 Å². The second kappa shape index (κ2) is 6.07. The quantitative estimate of drug-likeness (QED) is 0.839. The van der Waals surface area contributed by atoms with Crippen molar-refractivity contribution in [3.63, 3.8) is 0 Å². The van der Waals surface area contributed by atoms with Crippen LogP contribution in [0.25, 0.3) is 0 Å². The number of imide groups is 1. The third-order valence-electron chi connectivity index (χ3n) is 4.15. The maximum Gasteiger partial charge on any atom is 0.325 e. The first-order valence-corrected chi connectivity index (χ1v) is 7.64. The maximum atomic E-state index is 13.9. The van der Waals surface area contributed by atoms with Gasteiger partial charge >= 0.3 is 6.03 Å². The van der Waals surface area contributed by atoms with Crippen molar-refractivity contribution in [1.82, 2.24) is 10.2 Å². The monoisotopic (exact) mass is 368 g/mol. The third-order valence-corrected chi connectivity index (χ3v) is 4.50. The zero-order valence-electron chi connectivity index (χ0n) is 12.9. The van der Waals surface area contributed by atoms with E-state index in [9.17, 15) is 22.8 Å². The molecule has 2 aromatic carbocycles. The van der Waals surface area contributed by atoms with Gasteiger partial charge in [0.1, 0.15) is 11.4 Å². The van der Waals surface area contributed by atoms with Crippen LogP contribution in [0.15, 0.2) is 36.4 Å². The molecule has 25 heavy (non-hydrogen) atoms. The molecule has 1 aliphatic rings. The summed E-state index contributed by atoms with van der Waals surface area (Å²) in [5, 5.41) is 2.51. The van der Waals surface area contributed by atoms with Crippen molar-refractivity contribution in [1.29, 1.82) is 0 Å². The Balaban J connectivity index is 1.95. The van der Waals surface area contributed by atoms with Gasteiger partial charge in [0.25, 0.3) is 5.91 Å². The number of nitrogens with one attached hydrogen (secondary N) is 1. The Kier molecular flexibility index (Phi) is 4.20. The number of benzene rings is 2. The van der Waals surface area contributed by atoms with Crippen molar-refractivity contribution in [2.24, 2.45) is 0 Å². The Bertz CT molecular complexity index is 870. The summed E-state index contributed by atoms with van der Waals surface area (Å²) in [5.74, 6) is -3.59. The highest BCUT2D eigenvalue weighted by molar-refractivity contribution is 6.31. The van der Waals surface area contributed by atoms with E-state index in [0.717, 1.165) is 23.1 Å². The normalized spacial score (nSPS) is 20.1. The fourth-order valence-electron chi connectivity index (χ4n) is 2.68. The van der Waals surface area contributed by atoms with Gasteiger partial charge in [-0.3, -0.25) is 9.69 Å². The summed E-state index contributed by atoms with van der Waals surface area (Å²) < 4.78 is 40.5. The minimum Gasteiger partial charge on any atom is -0.319 e. The summed E-state index contributed by atoms with van der Waals surface area (Å²) >= 11 is 5.93. The molecule has 2 aromatic rings. The zero-order chi connectivity index (χ0) is 18.4. The molecule has 0 spiro atoms. The molecule has 0 aliphatic carbocycles. The average Bonchev–Trinajstić information content (AvgIpc) is 2.77. The number of hydrogen-bond donors (Lipinski definition) is 1. The van der Waals surface area contributed by atoms with Gasteiger partial charge in [-0.25, -0.2) is 18.0 Å². The molecule has 4 nitrogen and oxygen atoms in total. The van der Waals surface area contributed by atoms with Crippen LogP contribution in [0, 0.1) is 17.5 Å². The van der Waals surface area contributed by atoms with Gasteiger partial charge in [0.05, 0.1) is 6.54 Å². The molecule has 1 fully saturated rings. The van der Waals surface area contributed by atoms with Crippen LogP contribution in [0.2, 0.25) is 5.02 Å². The molecule has 1 saturated heterocycles. The van der Waals surface area contributed by atoms with E-state index in [-0.39, 0.29) is 22.7 Å². The lowest BCUT2D eigenvalue weighted by Gasteiger charge is -2.22. The molecule has 3 amide bonds. The number of amides is 3. The van der Waals surface area contributed by atoms with Crippen molar-refractivity contribution in [3.05, 3.63) is 70.0 Å². The molecule has 8 heteroatoms. The van der Waals surface area contributed by atoms with E-state index in [1.807, 2.05) is 0 Å². The molecule has 3 rings (SSSR count). The summed E-state index contributed by atoms with van der Waals surface area (Å²) in [5.41, 5.74) is -1.53. The highest BCUT2D eigenvalue weighted by Gasteiger charge is 2.49. The molecular formula is C17H12ClF3N2O2. The lowest BCUT2D eigenvalue weighted by molar-refractivity contribution is -0.131. The smallest absolute Gasteiger partial charge is 0.319 e. The van der Waals surface area contributed by atoms with Gasteiger partial charge in [0.15, 0.2) is 11.6 Å². The Hall–Kier alpha value is -2.54. The molecule has 1 unspecified atom stereocenters. The number of hydrogen-bond acceptors (Lipinski definition) is 2. The number of carbonyl (C=O) groups excluding carboxylic acids is 2. The predicted octanol–water partition coefficient (Wildman–Crippen LogP) is 3.72. The van der Waals surface area contributed by atoms with Crippen LogP contribution in [0.3, 0.4) is 0 Å². The van der Waals surface area contributed by atoms with Crippen molar-refractivity contribution in [2.75, 3.05) is 0 Å². The van der Waals surface area contributed by atoms with Crippen LogP contribution in [0.4, 0.5) is 18.0 Å². The largest absolute Gasteiger partial charge is 0.325 e. The standard InChI is InChI=1S/C17H12ClF3N2O2/c1-17(9-5-6-13(20)14(21)7-9)15(24)23(16(25)22-17)8-10-11(18)3-2-4-12(10)19/h2-7H,8H2,1H3,(H,22,25). The predicted molar refractivity (Wildman–Crippen MR) is 84.2 cm³/mol. The number of nitrogens with zero attached hydrogens (tertiary/aromatic N) is 1. The molecule has 1 N–H and O–H groups in total. The van der Waals surface area contributed by atoms with Crippen molar-refractivity contribution < 1.29 is 22.8 Å². The van der Waals surface area contributed by atoms with Crippen molar-refractivity contribution in [3.8, 4) is 0 Å². The molecule has 1 aliphatic heterocycles. The van der Waals surface area contributed by atoms with Crippen LogP contribution < -0.4 is 5.32 Å². The van der Waals surface area contributed by atoms with Gasteiger partial charge < -0.3 is 5.32 Å². The van der Waals surface area contributed by atoms with Crippen molar-refractivity contribution in [2.45, 2.75) is 19.0 Å². The van der Waals surface area contributed by atoms with Gasteiger partial charge in [-0.1, -0.05) is 23.7 Å². The van der Waals surface area contributed by atoms with Crippen LogP contribution in [0.1, 0.15) is 18.1 Å². The maximum absolute atomic E-state index is 13.9. The molecule has 1 heterocycles. The molecule has 130 valence electrons. The van der Waals surface area contributed by atoms with Gasteiger partial charge in [0.2, 0.25) is 0 Å². The van der Waals surface area contributed by atoms with Gasteiger partial charge in [-0.2, -0.15) is 0 Å². The summed E-state index contributed by atoms with van der Waals surface area (Å²) in [7, 11) is 0. The van der Waals surface area contributed by atoms with Crippen molar-refractivity contribution >= 4 is 23.5 Å². The molecule has 1 atom stereocenters. The summed E-state index contributed by atoms with van der Waals surface area (Å²) in [6.45, 7) is 0.984. The summed E-state index contributed by atoms with van der Waals surface area (Å²) in [6.07, 6.45) is 0. The Labute approximate surface area is 146 Å². The molecule has 0 radical (unpaired) electrons. The number of carbonyl (C=O) groups is 2. The fourth-order valence-corrected chi connectivity index (χ4v) is 2.91. The molecule has 0 aromatic heterocycles. The van der Waals surface area contributed by atoms with Crippen LogP contribution in [0.5, 0.6) is 0 Å². The minimum absolute atomic E-state index is 0.0118. The van der Waals surface area contributed by atoms with E-state index in [2.05, 4.69) is 5.32 Å². The molecule has 0 saturated carbocycles. The van der Waals surface area contributed by atoms with E-state index in [1.54, 1.807) is 0 Å². The van der Waals surface area contributed by atoms with E-state index in [0.29, 0.717) is 0 Å². The van der Waals surface area contributed by atoms with E-state index in [1.165, 1.54) is 25.1 Å². The zero-order valence-corrected chi connectivity index (χ0v) is 13.7.